The third-order valence-electron chi connectivity index (χ3n) is 2.41. The number of thiazole rings is 1. The Bertz CT molecular complexity index is 499. The molecule has 17 heavy (non-hydrogen) atoms. The number of para-hydroxylation sites is 1. The van der Waals surface area contributed by atoms with Crippen molar-refractivity contribution in [2.45, 2.75) is 6.10 Å². The van der Waals surface area contributed by atoms with E-state index in [4.69, 9.17) is 10.5 Å². The van der Waals surface area contributed by atoms with Crippen molar-refractivity contribution in [3.63, 3.8) is 0 Å². The second-order valence-corrected chi connectivity index (χ2v) is 4.41. The minimum Gasteiger partial charge on any atom is -0.496 e. The standard InChI is InChI=1S/C12H14N2O2S/c1-16-11-5-3-2-4-8(11)9-7-17-12(14-9)10(15)6-13/h2-5,7,10,15H,6,13H2,1H3/t10-/m1/s1. The van der Waals surface area contributed by atoms with Crippen LogP contribution in [0.3, 0.4) is 0 Å². The Labute approximate surface area is 104 Å². The number of ether oxygens (including phenoxy) is 1. The van der Waals surface area contributed by atoms with Crippen molar-refractivity contribution in [2.75, 3.05) is 13.7 Å². The van der Waals surface area contributed by atoms with Crippen molar-refractivity contribution in [3.05, 3.63) is 34.7 Å². The number of aliphatic hydroxyl groups excluding tert-OH is 1. The maximum Gasteiger partial charge on any atom is 0.128 e. The highest BCUT2D eigenvalue weighted by molar-refractivity contribution is 7.10. The normalized spacial score (nSPS) is 12.4. The largest absolute Gasteiger partial charge is 0.496 e. The molecule has 0 radical (unpaired) electrons. The zero-order valence-electron chi connectivity index (χ0n) is 9.46. The molecule has 3 N–H and O–H groups in total. The SMILES string of the molecule is COc1ccccc1-c1csc([C@H](O)CN)n1. The van der Waals surface area contributed by atoms with E-state index >= 15 is 0 Å². The Morgan fingerprint density at radius 3 is 2.94 bits per heavy atom. The fourth-order valence-corrected chi connectivity index (χ4v) is 2.34. The van der Waals surface area contributed by atoms with Gasteiger partial charge in [-0.3, -0.25) is 0 Å². The smallest absolute Gasteiger partial charge is 0.128 e. The number of nitrogens with two attached hydrogens (primary N) is 1. The van der Waals surface area contributed by atoms with Crippen LogP contribution in [0, 0.1) is 0 Å². The van der Waals surface area contributed by atoms with Crippen molar-refractivity contribution in [1.82, 2.24) is 4.98 Å². The van der Waals surface area contributed by atoms with Gasteiger partial charge in [0.25, 0.3) is 0 Å². The molecule has 5 heteroatoms. The summed E-state index contributed by atoms with van der Waals surface area (Å²) in [6.45, 7) is 0.179. The molecule has 0 aliphatic rings. The highest BCUT2D eigenvalue weighted by Crippen LogP contribution is 2.31. The number of nitrogens with zero attached hydrogens (tertiary/aromatic N) is 1. The summed E-state index contributed by atoms with van der Waals surface area (Å²) < 4.78 is 5.27. The van der Waals surface area contributed by atoms with E-state index in [2.05, 4.69) is 4.98 Å². The van der Waals surface area contributed by atoms with Crippen LogP contribution in [-0.4, -0.2) is 23.7 Å². The van der Waals surface area contributed by atoms with E-state index in [9.17, 15) is 5.11 Å². The van der Waals surface area contributed by atoms with Gasteiger partial charge in [0, 0.05) is 17.5 Å². The molecule has 0 spiro atoms. The number of benzene rings is 1. The maximum absolute atomic E-state index is 9.61. The summed E-state index contributed by atoms with van der Waals surface area (Å²) in [5.41, 5.74) is 7.12. The molecule has 0 unspecified atom stereocenters. The minimum absolute atomic E-state index is 0.179. The third-order valence-corrected chi connectivity index (χ3v) is 3.36. The summed E-state index contributed by atoms with van der Waals surface area (Å²) in [4.78, 5) is 4.37. The summed E-state index contributed by atoms with van der Waals surface area (Å²) in [5.74, 6) is 0.770. The van der Waals surface area contributed by atoms with Gasteiger partial charge in [-0.2, -0.15) is 0 Å². The Hall–Kier alpha value is -1.43. The lowest BCUT2D eigenvalue weighted by Gasteiger charge is -2.05. The molecule has 1 aromatic heterocycles. The van der Waals surface area contributed by atoms with Crippen LogP contribution in [0.1, 0.15) is 11.1 Å². The highest BCUT2D eigenvalue weighted by Gasteiger charge is 2.13. The first-order chi connectivity index (χ1) is 8.26. The number of hydrogen-bond acceptors (Lipinski definition) is 5. The molecule has 1 aromatic carbocycles. The van der Waals surface area contributed by atoms with Crippen LogP contribution >= 0.6 is 11.3 Å². The molecule has 0 saturated carbocycles. The first kappa shape index (κ1) is 12.0. The van der Waals surface area contributed by atoms with E-state index in [1.54, 1.807) is 7.11 Å². The second-order valence-electron chi connectivity index (χ2n) is 3.52. The van der Waals surface area contributed by atoms with Gasteiger partial charge < -0.3 is 15.6 Å². The lowest BCUT2D eigenvalue weighted by Crippen LogP contribution is -2.11. The average molecular weight is 250 g/mol. The number of aliphatic hydroxyl groups is 1. The van der Waals surface area contributed by atoms with Gasteiger partial charge in [0.2, 0.25) is 0 Å². The molecule has 1 atom stereocenters. The second kappa shape index (κ2) is 5.27. The molecule has 2 aromatic rings. The van der Waals surface area contributed by atoms with Gasteiger partial charge in [-0.15, -0.1) is 11.3 Å². The molecule has 0 aliphatic heterocycles. The maximum atomic E-state index is 9.61. The Balaban J connectivity index is 2.37. The van der Waals surface area contributed by atoms with Gasteiger partial charge in [0.05, 0.1) is 12.8 Å². The zero-order valence-corrected chi connectivity index (χ0v) is 10.3. The van der Waals surface area contributed by atoms with E-state index in [0.717, 1.165) is 17.0 Å². The Kier molecular flexibility index (Phi) is 3.73. The zero-order chi connectivity index (χ0) is 12.3. The summed E-state index contributed by atoms with van der Waals surface area (Å²) in [6.07, 6.45) is -0.691. The van der Waals surface area contributed by atoms with E-state index < -0.39 is 6.10 Å². The monoisotopic (exact) mass is 250 g/mol. The molecule has 0 saturated heterocycles. The fourth-order valence-electron chi connectivity index (χ4n) is 1.52. The van der Waals surface area contributed by atoms with E-state index in [-0.39, 0.29) is 6.54 Å². The van der Waals surface area contributed by atoms with E-state index in [0.29, 0.717) is 5.01 Å². The molecule has 0 aliphatic carbocycles. The molecular formula is C12H14N2O2S. The van der Waals surface area contributed by atoms with Crippen molar-refractivity contribution < 1.29 is 9.84 Å². The van der Waals surface area contributed by atoms with Crippen LogP contribution in [0.15, 0.2) is 29.6 Å². The summed E-state index contributed by atoms with van der Waals surface area (Å²) in [7, 11) is 1.63. The molecule has 4 nitrogen and oxygen atoms in total. The first-order valence-electron chi connectivity index (χ1n) is 5.23. The summed E-state index contributed by atoms with van der Waals surface area (Å²) in [5, 5.41) is 12.1. The van der Waals surface area contributed by atoms with Gasteiger partial charge in [0.15, 0.2) is 0 Å². The highest BCUT2D eigenvalue weighted by atomic mass is 32.1. The number of rotatable bonds is 4. The predicted octanol–water partition coefficient (Wildman–Crippen LogP) is 1.81. The average Bonchev–Trinajstić information content (AvgIpc) is 2.87. The predicted molar refractivity (Wildman–Crippen MR) is 68.1 cm³/mol. The molecule has 90 valence electrons. The quantitative estimate of drug-likeness (QED) is 0.868. The summed E-state index contributed by atoms with van der Waals surface area (Å²) in [6, 6.07) is 7.65. The van der Waals surface area contributed by atoms with Crippen LogP contribution in [0.4, 0.5) is 0 Å². The van der Waals surface area contributed by atoms with Gasteiger partial charge in [-0.1, -0.05) is 12.1 Å². The van der Waals surface area contributed by atoms with Crippen LogP contribution in [0.25, 0.3) is 11.3 Å². The van der Waals surface area contributed by atoms with Gasteiger partial charge in [0.1, 0.15) is 16.9 Å². The summed E-state index contributed by atoms with van der Waals surface area (Å²) >= 11 is 1.40. The molecular weight excluding hydrogens is 236 g/mol. The lowest BCUT2D eigenvalue weighted by molar-refractivity contribution is 0.186. The first-order valence-corrected chi connectivity index (χ1v) is 6.11. The van der Waals surface area contributed by atoms with Crippen molar-refractivity contribution in [1.29, 1.82) is 0 Å². The van der Waals surface area contributed by atoms with Crippen molar-refractivity contribution in [2.24, 2.45) is 5.73 Å². The van der Waals surface area contributed by atoms with Crippen LogP contribution in [-0.2, 0) is 0 Å². The molecule has 0 amide bonds. The number of aromatic nitrogens is 1. The van der Waals surface area contributed by atoms with Crippen LogP contribution in [0.2, 0.25) is 0 Å². The van der Waals surface area contributed by atoms with Crippen LogP contribution < -0.4 is 10.5 Å². The molecule has 0 bridgehead atoms. The van der Waals surface area contributed by atoms with Gasteiger partial charge >= 0.3 is 0 Å². The molecule has 0 fully saturated rings. The topological polar surface area (TPSA) is 68.4 Å². The van der Waals surface area contributed by atoms with E-state index in [1.807, 2.05) is 29.6 Å². The third kappa shape index (κ3) is 2.46. The van der Waals surface area contributed by atoms with Crippen molar-refractivity contribution in [3.8, 4) is 17.0 Å². The Morgan fingerprint density at radius 1 is 1.47 bits per heavy atom. The van der Waals surface area contributed by atoms with Crippen LogP contribution in [0.5, 0.6) is 5.75 Å². The van der Waals surface area contributed by atoms with E-state index in [1.165, 1.54) is 11.3 Å². The van der Waals surface area contributed by atoms with Gasteiger partial charge in [-0.25, -0.2) is 4.98 Å². The number of hydrogen-bond donors (Lipinski definition) is 2. The molecule has 2 rings (SSSR count). The minimum atomic E-state index is -0.691. The molecule has 1 heterocycles. The van der Waals surface area contributed by atoms with Gasteiger partial charge in [-0.05, 0) is 12.1 Å². The fraction of sp³-hybridized carbons (Fsp3) is 0.250. The Morgan fingerprint density at radius 2 is 2.24 bits per heavy atom. The number of methoxy groups -OCH3 is 1. The van der Waals surface area contributed by atoms with Crippen molar-refractivity contribution >= 4 is 11.3 Å². The lowest BCUT2D eigenvalue weighted by atomic mass is 10.1.